The van der Waals surface area contributed by atoms with Gasteiger partial charge in [-0.05, 0) is 154 Å². The lowest BCUT2D eigenvalue weighted by Gasteiger charge is -2.17. The van der Waals surface area contributed by atoms with Crippen molar-refractivity contribution in [1.29, 1.82) is 0 Å². The zero-order chi connectivity index (χ0) is 50.1. The number of anilines is 4. The molecule has 72 heavy (non-hydrogen) atoms. The van der Waals surface area contributed by atoms with Gasteiger partial charge in [0.05, 0.1) is 11.4 Å². The van der Waals surface area contributed by atoms with Crippen LogP contribution >= 0.6 is 0 Å². The highest BCUT2D eigenvalue weighted by Gasteiger charge is 2.36. The van der Waals surface area contributed by atoms with Gasteiger partial charge in [-0.2, -0.15) is 4.57 Å². The summed E-state index contributed by atoms with van der Waals surface area (Å²) in [7, 11) is 0. The number of nitrogens with one attached hydrogen (secondary N) is 5. The topological polar surface area (TPSA) is 175 Å². The molecule has 0 spiro atoms. The third-order valence-corrected chi connectivity index (χ3v) is 14.3. The maximum absolute atomic E-state index is 13.0. The van der Waals surface area contributed by atoms with Crippen LogP contribution in [-0.2, 0) is 0 Å². The molecule has 1 aromatic heterocycles. The minimum atomic E-state index is -0.0615. The van der Waals surface area contributed by atoms with Gasteiger partial charge in [-0.3, -0.25) is 14.6 Å². The number of aryl methyl sites for hydroxylation is 3. The lowest BCUT2D eigenvalue weighted by molar-refractivity contribution is -0.649. The Labute approximate surface area is 425 Å². The molecule has 3 aliphatic rings. The zero-order valence-electron chi connectivity index (χ0n) is 42.7. The average molecular weight is 966 g/mol. The summed E-state index contributed by atoms with van der Waals surface area (Å²) < 4.78 is 2.44. The van der Waals surface area contributed by atoms with Crippen LogP contribution in [0.2, 0.25) is 0 Å². The Morgan fingerprint density at radius 2 is 1.15 bits per heavy atom. The van der Waals surface area contributed by atoms with Crippen LogP contribution in [-0.4, -0.2) is 54.7 Å². The second-order valence-electron chi connectivity index (χ2n) is 20.3. The molecule has 9 rings (SSSR count). The number of fused-ring (bicyclic) bond motifs is 2. The Morgan fingerprint density at radius 1 is 0.611 bits per heavy atom. The van der Waals surface area contributed by atoms with E-state index < -0.39 is 0 Å². The number of amides is 2. The molecule has 2 amide bonds. The summed E-state index contributed by atoms with van der Waals surface area (Å²) in [5.74, 6) is -0.122. The van der Waals surface area contributed by atoms with Crippen molar-refractivity contribution in [2.45, 2.75) is 123 Å². The Hall–Kier alpha value is -7.21. The van der Waals surface area contributed by atoms with E-state index in [2.05, 4.69) is 87.5 Å². The van der Waals surface area contributed by atoms with E-state index in [1.54, 1.807) is 0 Å². The number of unbranched alkanes of at least 4 members (excludes halogenated alkanes) is 6. The highest BCUT2D eigenvalue weighted by Crippen LogP contribution is 2.36. The van der Waals surface area contributed by atoms with E-state index in [1.165, 1.54) is 42.5 Å². The van der Waals surface area contributed by atoms with Crippen LogP contribution in [0.4, 0.5) is 28.4 Å². The van der Waals surface area contributed by atoms with Crippen molar-refractivity contribution < 1.29 is 14.2 Å². The van der Waals surface area contributed by atoms with Gasteiger partial charge in [-0.1, -0.05) is 56.0 Å². The lowest BCUT2D eigenvalue weighted by Crippen LogP contribution is -2.35. The first-order valence-corrected chi connectivity index (χ1v) is 26.4. The molecule has 0 bridgehead atoms. The molecule has 9 N–H and O–H groups in total. The quantitative estimate of drug-likeness (QED) is 0.0144. The fourth-order valence-electron chi connectivity index (χ4n) is 9.57. The summed E-state index contributed by atoms with van der Waals surface area (Å²) in [5.41, 5.74) is 31.6. The number of benzene rings is 5. The van der Waals surface area contributed by atoms with Gasteiger partial charge in [0, 0.05) is 103 Å². The highest BCUT2D eigenvalue weighted by molar-refractivity contribution is 6.01. The van der Waals surface area contributed by atoms with Gasteiger partial charge in [0.2, 0.25) is 11.0 Å². The average Bonchev–Trinajstić information content (AvgIpc) is 4.33. The van der Waals surface area contributed by atoms with E-state index in [0.717, 1.165) is 149 Å². The number of nitrogens with two attached hydrogens (primary N) is 2. The summed E-state index contributed by atoms with van der Waals surface area (Å²) in [6.07, 6.45) is 18.2. The van der Waals surface area contributed by atoms with Crippen molar-refractivity contribution >= 4 is 68.0 Å². The smallest absolute Gasteiger partial charge is 0.251 e. The molecule has 0 saturated heterocycles. The Balaban J connectivity index is 0.627. The number of nitrogens with zero attached hydrogens (tertiary/aromatic N) is 3. The molecule has 6 aromatic rings. The number of aliphatic imine (C=N–C) groups is 1. The van der Waals surface area contributed by atoms with Crippen molar-refractivity contribution in [1.82, 2.24) is 20.9 Å². The largest absolute Gasteiger partial charge is 0.398 e. The number of rotatable bonds is 23. The van der Waals surface area contributed by atoms with Crippen LogP contribution in [0.25, 0.3) is 33.2 Å². The van der Waals surface area contributed by atoms with E-state index in [1.807, 2.05) is 68.4 Å². The maximum atomic E-state index is 13.0. The van der Waals surface area contributed by atoms with Crippen molar-refractivity contribution in [3.8, 4) is 11.1 Å². The molecule has 1 heterocycles. The highest BCUT2D eigenvalue weighted by atomic mass is 16.2. The van der Waals surface area contributed by atoms with Gasteiger partial charge < -0.3 is 38.1 Å². The third kappa shape index (κ3) is 12.6. The summed E-state index contributed by atoms with van der Waals surface area (Å²) in [5, 5.41) is 17.1. The minimum Gasteiger partial charge on any atom is -0.398 e. The SMILES string of the molecule is CC1=CC(=Nc2cc(C)c(N)cc2NC2CC2)CC=C1NCCCCCCNC(=O)c1ccc(-c2ccc(C(=O)NCCCCCCNc3cc4c(cc3C)nc3cc(C)c(N)cc3[n+]4C3CC3)cc2)cc1. The normalized spacial score (nSPS) is 15.1. The summed E-state index contributed by atoms with van der Waals surface area (Å²) in [6.45, 7) is 11.5. The Bertz CT molecular complexity index is 3040. The van der Waals surface area contributed by atoms with Crippen molar-refractivity contribution in [3.63, 3.8) is 0 Å². The molecule has 3 aliphatic carbocycles. The minimum absolute atomic E-state index is 0.0607. The van der Waals surface area contributed by atoms with E-state index in [-0.39, 0.29) is 11.8 Å². The third-order valence-electron chi connectivity index (χ3n) is 14.3. The van der Waals surface area contributed by atoms with Gasteiger partial charge in [0.15, 0.2) is 6.04 Å². The van der Waals surface area contributed by atoms with Crippen LogP contribution in [0, 0.1) is 20.8 Å². The van der Waals surface area contributed by atoms with E-state index in [4.69, 9.17) is 21.4 Å². The molecule has 12 nitrogen and oxygen atoms in total. The molecule has 2 fully saturated rings. The molecular formula is C60H73N10O2+. The summed E-state index contributed by atoms with van der Waals surface area (Å²) in [6, 6.07) is 29.1. The van der Waals surface area contributed by atoms with Crippen LogP contribution in [0.15, 0.2) is 113 Å². The first kappa shape index (κ1) is 49.8. The van der Waals surface area contributed by atoms with Crippen LogP contribution in [0.1, 0.15) is 134 Å². The predicted octanol–water partition coefficient (Wildman–Crippen LogP) is 11.6. The van der Waals surface area contributed by atoms with Crippen LogP contribution in [0.5, 0.6) is 0 Å². The number of aromatic nitrogens is 2. The van der Waals surface area contributed by atoms with E-state index in [9.17, 15) is 9.59 Å². The van der Waals surface area contributed by atoms with Crippen molar-refractivity contribution in [2.75, 3.05) is 48.3 Å². The second-order valence-corrected chi connectivity index (χ2v) is 20.3. The van der Waals surface area contributed by atoms with Crippen LogP contribution < -0.4 is 42.6 Å². The Morgan fingerprint density at radius 3 is 1.74 bits per heavy atom. The number of carbonyl (C=O) groups excluding carboxylic acids is 2. The molecule has 5 aromatic carbocycles. The van der Waals surface area contributed by atoms with Gasteiger partial charge in [0.1, 0.15) is 11.0 Å². The van der Waals surface area contributed by atoms with Gasteiger partial charge in [0.25, 0.3) is 11.8 Å². The van der Waals surface area contributed by atoms with Crippen molar-refractivity contribution in [2.24, 2.45) is 4.99 Å². The van der Waals surface area contributed by atoms with Gasteiger partial charge in [-0.15, -0.1) is 0 Å². The standard InChI is InChI=1S/C60H72N10O2/c1-38-32-53(54(35-49(38)61)67-46-21-22-46)68-47-23-26-51(40(3)31-47)63-27-9-5-7-11-29-65-59(71)44-17-13-42(14-18-44)43-15-19-45(20-16-43)60(72)66-30-12-8-6-10-28-64-52-37-58-56(34-41(52)4)69-55-33-39(2)50(62)36-57(55)70(58)48-24-25-48/h13-20,26,31-37,46,48,63,67H,5-12,21-25,27-30,61H2,1-4H3,(H4,62,64,65,66,71,72)/p+1. The van der Waals surface area contributed by atoms with Crippen molar-refractivity contribution in [3.05, 3.63) is 136 Å². The van der Waals surface area contributed by atoms with Crippen LogP contribution in [0.3, 0.4) is 0 Å². The molecule has 12 heteroatoms. The monoisotopic (exact) mass is 966 g/mol. The molecule has 0 unspecified atom stereocenters. The van der Waals surface area contributed by atoms with Gasteiger partial charge in [-0.25, -0.2) is 4.98 Å². The van der Waals surface area contributed by atoms with Gasteiger partial charge >= 0.3 is 0 Å². The number of hydrogen-bond acceptors (Lipinski definition) is 9. The first-order valence-electron chi connectivity index (χ1n) is 26.4. The summed E-state index contributed by atoms with van der Waals surface area (Å²) >= 11 is 0. The number of hydrogen-bond donors (Lipinski definition) is 7. The maximum Gasteiger partial charge on any atom is 0.251 e. The fraction of sp³-hybridized carbons (Fsp3) is 0.383. The molecule has 0 radical (unpaired) electrons. The Kier molecular flexibility index (Phi) is 15.8. The number of allylic oxidation sites excluding steroid dienone is 3. The fourth-order valence-corrected chi connectivity index (χ4v) is 9.57. The molecule has 0 atom stereocenters. The first-order chi connectivity index (χ1) is 35.0. The number of nitrogen functional groups attached to an aromatic ring is 2. The van der Waals surface area contributed by atoms with E-state index >= 15 is 0 Å². The molecule has 2 saturated carbocycles. The molecule has 0 aliphatic heterocycles. The zero-order valence-corrected chi connectivity index (χ0v) is 42.7. The second kappa shape index (κ2) is 22.9. The molecule has 374 valence electrons. The summed E-state index contributed by atoms with van der Waals surface area (Å²) in [4.78, 5) is 35.9. The molecular weight excluding hydrogens is 893 g/mol. The lowest BCUT2D eigenvalue weighted by atomic mass is 10.0. The number of carbonyl (C=O) groups is 2. The predicted molar refractivity (Wildman–Crippen MR) is 297 cm³/mol. The van der Waals surface area contributed by atoms with E-state index in [0.29, 0.717) is 36.3 Å².